The normalized spacial score (nSPS) is 33.0. The molecule has 0 aromatic carbocycles. The fraction of sp³-hybridized carbons (Fsp3) is 0.611. The number of anilines is 1. The van der Waals surface area contributed by atoms with Crippen LogP contribution in [0.15, 0.2) is 24.9 Å². The molecule has 4 heterocycles. The monoisotopic (exact) mass is 378 g/mol. The molecule has 0 saturated carbocycles. The molecule has 1 aromatic rings. The lowest BCUT2D eigenvalue weighted by Gasteiger charge is -2.29. The third-order valence-corrected chi connectivity index (χ3v) is 7.59. The molecule has 26 heavy (non-hydrogen) atoms. The predicted octanol–water partition coefficient (Wildman–Crippen LogP) is 1.10. The molecule has 3 fully saturated rings. The van der Waals surface area contributed by atoms with Crippen LogP contribution in [0.1, 0.15) is 18.4 Å². The van der Waals surface area contributed by atoms with Crippen LogP contribution < -0.4 is 9.62 Å². The van der Waals surface area contributed by atoms with Crippen molar-refractivity contribution in [3.05, 3.63) is 30.5 Å². The Morgan fingerprint density at radius 3 is 2.96 bits per heavy atom. The summed E-state index contributed by atoms with van der Waals surface area (Å²) in [7, 11) is -0.337. The largest absolute Gasteiger partial charge is 0.369 e. The number of hydrogen-bond donors (Lipinski definition) is 1. The second-order valence-electron chi connectivity index (χ2n) is 7.70. The lowest BCUT2D eigenvalue weighted by molar-refractivity contribution is 0.0142. The molecule has 4 atom stereocenters. The van der Waals surface area contributed by atoms with Crippen LogP contribution in [-0.4, -0.2) is 63.1 Å². The van der Waals surface area contributed by atoms with Crippen molar-refractivity contribution in [1.29, 1.82) is 0 Å². The molecular formula is C18H26N4O3S. The van der Waals surface area contributed by atoms with Crippen LogP contribution in [0, 0.1) is 11.8 Å². The Labute approximate surface area is 155 Å². The minimum Gasteiger partial charge on any atom is -0.369 e. The molecule has 1 aromatic heterocycles. The van der Waals surface area contributed by atoms with Crippen LogP contribution in [0.2, 0.25) is 0 Å². The summed E-state index contributed by atoms with van der Waals surface area (Å²) in [6, 6.07) is 4.03. The summed E-state index contributed by atoms with van der Waals surface area (Å²) in [4.78, 5) is 6.82. The van der Waals surface area contributed by atoms with E-state index < -0.39 is 10.2 Å². The van der Waals surface area contributed by atoms with Crippen molar-refractivity contribution < 1.29 is 13.2 Å². The Bertz CT molecular complexity index is 795. The molecule has 0 aliphatic carbocycles. The van der Waals surface area contributed by atoms with Gasteiger partial charge in [0, 0.05) is 51.8 Å². The molecule has 3 saturated heterocycles. The Morgan fingerprint density at radius 1 is 1.50 bits per heavy atom. The predicted molar refractivity (Wildman–Crippen MR) is 101 cm³/mol. The number of ether oxygens (including phenoxy) is 1. The van der Waals surface area contributed by atoms with E-state index in [4.69, 9.17) is 4.74 Å². The number of fused-ring (bicyclic) bond motifs is 1. The molecule has 142 valence electrons. The summed E-state index contributed by atoms with van der Waals surface area (Å²) in [5.41, 5.74) is 0.844. The van der Waals surface area contributed by atoms with Gasteiger partial charge in [-0.25, -0.2) is 9.71 Å². The first-order valence-electron chi connectivity index (χ1n) is 9.03. The summed E-state index contributed by atoms with van der Waals surface area (Å²) in [6.07, 6.45) is 5.81. The molecule has 3 aliphatic heterocycles. The van der Waals surface area contributed by atoms with Gasteiger partial charge in [0.05, 0.1) is 11.7 Å². The van der Waals surface area contributed by atoms with Crippen molar-refractivity contribution in [1.82, 2.24) is 14.0 Å². The molecule has 8 heteroatoms. The van der Waals surface area contributed by atoms with Gasteiger partial charge >= 0.3 is 0 Å². The van der Waals surface area contributed by atoms with E-state index in [0.717, 1.165) is 37.3 Å². The number of rotatable bonds is 6. The highest BCUT2D eigenvalue weighted by Crippen LogP contribution is 2.55. The number of pyridine rings is 1. The summed E-state index contributed by atoms with van der Waals surface area (Å²) >= 11 is 0. The van der Waals surface area contributed by atoms with E-state index >= 15 is 0 Å². The first kappa shape index (κ1) is 17.9. The van der Waals surface area contributed by atoms with Crippen molar-refractivity contribution in [3.63, 3.8) is 0 Å². The smallest absolute Gasteiger partial charge is 0.278 e. The third kappa shape index (κ3) is 2.85. The summed E-state index contributed by atoms with van der Waals surface area (Å²) in [5.74, 6) is 1.47. The molecule has 7 nitrogen and oxygen atoms in total. The van der Waals surface area contributed by atoms with Gasteiger partial charge in [0.25, 0.3) is 10.2 Å². The van der Waals surface area contributed by atoms with Crippen LogP contribution >= 0.6 is 0 Å². The van der Waals surface area contributed by atoms with E-state index in [-0.39, 0.29) is 17.6 Å². The topological polar surface area (TPSA) is 74.8 Å². The Hall–Kier alpha value is -1.48. The molecule has 0 amide bonds. The highest BCUT2D eigenvalue weighted by molar-refractivity contribution is 7.87. The van der Waals surface area contributed by atoms with Crippen molar-refractivity contribution in [2.75, 3.05) is 38.6 Å². The van der Waals surface area contributed by atoms with Crippen molar-refractivity contribution in [3.8, 4) is 0 Å². The number of nitrogens with one attached hydrogen (secondary N) is 1. The molecule has 0 unspecified atom stereocenters. The lowest BCUT2D eigenvalue weighted by Crippen LogP contribution is -2.44. The third-order valence-electron chi connectivity index (χ3n) is 6.10. The molecule has 2 bridgehead atoms. The molecule has 3 aliphatic rings. The zero-order valence-corrected chi connectivity index (χ0v) is 16.1. The Kier molecular flexibility index (Phi) is 4.34. The maximum Gasteiger partial charge on any atom is 0.278 e. The van der Waals surface area contributed by atoms with Gasteiger partial charge < -0.3 is 9.64 Å². The lowest BCUT2D eigenvalue weighted by atomic mass is 9.74. The van der Waals surface area contributed by atoms with Gasteiger partial charge in [-0.1, -0.05) is 12.7 Å². The van der Waals surface area contributed by atoms with E-state index in [0.29, 0.717) is 12.5 Å². The average Bonchev–Trinajstić information content (AvgIpc) is 3.28. The average molecular weight is 378 g/mol. The molecule has 1 spiro atoms. The highest BCUT2D eigenvalue weighted by Gasteiger charge is 2.63. The maximum absolute atomic E-state index is 12.1. The first-order valence-corrected chi connectivity index (χ1v) is 10.5. The molecule has 4 rings (SSSR count). The van der Waals surface area contributed by atoms with Crippen LogP contribution in [-0.2, 0) is 14.9 Å². The first-order chi connectivity index (χ1) is 12.3. The van der Waals surface area contributed by atoms with Crippen LogP contribution in [0.5, 0.6) is 0 Å². The standard InChI is InChI=1S/C18H26N4O3S/c1-4-13-5-6-17(19-9-13)22-11-15-14(10-20-26(23,24)21(2)3)16-7-8-18(15,12-22)25-16/h4-6,9,14-16,20H,1,7-8,10-12H2,2-3H3/t14-,15+,16+,18+/m0/s1. The van der Waals surface area contributed by atoms with Gasteiger partial charge in [0.2, 0.25) is 0 Å². The summed E-state index contributed by atoms with van der Waals surface area (Å²) in [6.45, 7) is 5.87. The number of aromatic nitrogens is 1. The fourth-order valence-corrected chi connectivity index (χ4v) is 5.34. The number of nitrogens with zero attached hydrogens (tertiary/aromatic N) is 3. The molecule has 1 N–H and O–H groups in total. The zero-order chi connectivity index (χ0) is 18.5. The van der Waals surface area contributed by atoms with Gasteiger partial charge in [-0.2, -0.15) is 12.7 Å². The van der Waals surface area contributed by atoms with Gasteiger partial charge in [0.15, 0.2) is 0 Å². The fourth-order valence-electron chi connectivity index (χ4n) is 4.67. The molecular weight excluding hydrogens is 352 g/mol. The van der Waals surface area contributed by atoms with E-state index in [1.807, 2.05) is 18.3 Å². The van der Waals surface area contributed by atoms with Crippen LogP contribution in [0.4, 0.5) is 5.82 Å². The highest BCUT2D eigenvalue weighted by atomic mass is 32.2. The van der Waals surface area contributed by atoms with E-state index in [1.54, 1.807) is 6.08 Å². The molecule has 0 radical (unpaired) electrons. The zero-order valence-electron chi connectivity index (χ0n) is 15.3. The minimum atomic E-state index is -3.41. The van der Waals surface area contributed by atoms with E-state index in [1.165, 1.54) is 18.4 Å². The van der Waals surface area contributed by atoms with Crippen molar-refractivity contribution in [2.45, 2.75) is 24.5 Å². The van der Waals surface area contributed by atoms with Crippen molar-refractivity contribution >= 4 is 22.1 Å². The van der Waals surface area contributed by atoms with E-state index in [2.05, 4.69) is 21.2 Å². The Morgan fingerprint density at radius 2 is 2.31 bits per heavy atom. The summed E-state index contributed by atoms with van der Waals surface area (Å²) < 4.78 is 34.5. The van der Waals surface area contributed by atoms with E-state index in [9.17, 15) is 8.42 Å². The van der Waals surface area contributed by atoms with Gasteiger partial charge in [0.1, 0.15) is 5.82 Å². The second kappa shape index (κ2) is 6.30. The van der Waals surface area contributed by atoms with Crippen LogP contribution in [0.3, 0.4) is 0 Å². The van der Waals surface area contributed by atoms with Gasteiger partial charge in [-0.05, 0) is 30.5 Å². The quantitative estimate of drug-likeness (QED) is 0.803. The van der Waals surface area contributed by atoms with Gasteiger partial charge in [-0.3, -0.25) is 0 Å². The van der Waals surface area contributed by atoms with Gasteiger partial charge in [-0.15, -0.1) is 0 Å². The Balaban J connectivity index is 1.50. The van der Waals surface area contributed by atoms with Crippen molar-refractivity contribution in [2.24, 2.45) is 11.8 Å². The number of hydrogen-bond acceptors (Lipinski definition) is 5. The van der Waals surface area contributed by atoms with Crippen LogP contribution in [0.25, 0.3) is 6.08 Å². The maximum atomic E-state index is 12.1. The minimum absolute atomic E-state index is 0.155. The summed E-state index contributed by atoms with van der Waals surface area (Å²) in [5, 5.41) is 0. The second-order valence-corrected chi connectivity index (χ2v) is 9.67. The SMILES string of the molecule is C=Cc1ccc(N2C[C@@H]3[C@H](CNS(=O)(=O)N(C)C)[C@H]4CC[C@]3(C2)O4)nc1.